The summed E-state index contributed by atoms with van der Waals surface area (Å²) in [6.07, 6.45) is 0. The highest BCUT2D eigenvalue weighted by atomic mass is 16.5. The Morgan fingerprint density at radius 1 is 1.19 bits per heavy atom. The second kappa shape index (κ2) is 6.62. The Hall–Kier alpha value is -2.74. The van der Waals surface area contributed by atoms with Gasteiger partial charge in [0.25, 0.3) is 5.91 Å². The highest BCUT2D eigenvalue weighted by molar-refractivity contribution is 6.01. The number of carbonyl (C=O) groups excluding carboxylic acids is 2. The van der Waals surface area contributed by atoms with Crippen molar-refractivity contribution in [3.05, 3.63) is 35.9 Å². The third-order valence-electron chi connectivity index (χ3n) is 2.50. The largest absolute Gasteiger partial charge is 0.375 e. The Balaban J connectivity index is 1.96. The summed E-state index contributed by atoms with van der Waals surface area (Å²) in [5, 5.41) is 11.7. The van der Waals surface area contributed by atoms with Crippen molar-refractivity contribution in [3.63, 3.8) is 0 Å². The van der Waals surface area contributed by atoms with Crippen molar-refractivity contribution in [1.29, 1.82) is 0 Å². The summed E-state index contributed by atoms with van der Waals surface area (Å²) in [6, 6.07) is 6.68. The summed E-state index contributed by atoms with van der Waals surface area (Å²) in [6.45, 7) is 1.70. The molecule has 3 N–H and O–H groups in total. The predicted octanol–water partition coefficient (Wildman–Crippen LogP) is 0.950. The second-order valence-corrected chi connectivity index (χ2v) is 4.26. The Bertz CT molecular complexity index is 636. The Kier molecular flexibility index (Phi) is 4.62. The van der Waals surface area contributed by atoms with Crippen LogP contribution in [0.5, 0.6) is 0 Å². The summed E-state index contributed by atoms with van der Waals surface area (Å²) < 4.78 is 4.72. The van der Waals surface area contributed by atoms with Gasteiger partial charge in [0.2, 0.25) is 11.7 Å². The Morgan fingerprint density at radius 2 is 1.81 bits per heavy atom. The molecule has 8 heteroatoms. The second-order valence-electron chi connectivity index (χ2n) is 4.26. The number of aromatic nitrogens is 3. The van der Waals surface area contributed by atoms with E-state index in [2.05, 4.69) is 25.8 Å². The zero-order valence-electron chi connectivity index (χ0n) is 11.6. The number of amides is 2. The predicted molar refractivity (Wildman–Crippen MR) is 76.0 cm³/mol. The lowest BCUT2D eigenvalue weighted by molar-refractivity contribution is -0.119. The van der Waals surface area contributed by atoms with E-state index in [1.807, 2.05) is 0 Å². The number of carbonyl (C=O) groups is 2. The Morgan fingerprint density at radius 3 is 2.33 bits per heavy atom. The first kappa shape index (κ1) is 14.7. The van der Waals surface area contributed by atoms with Crippen LogP contribution >= 0.6 is 0 Å². The normalized spacial score (nSPS) is 10.2. The van der Waals surface area contributed by atoms with Crippen LogP contribution in [0.2, 0.25) is 0 Å². The zero-order chi connectivity index (χ0) is 15.2. The molecule has 8 nitrogen and oxygen atoms in total. The number of methoxy groups -OCH3 is 1. The molecule has 0 radical (unpaired) electrons. The molecule has 0 bridgehead atoms. The van der Waals surface area contributed by atoms with Crippen LogP contribution in [-0.4, -0.2) is 40.7 Å². The number of nitrogens with zero attached hydrogens (tertiary/aromatic N) is 2. The number of hydrogen-bond acceptors (Lipinski definition) is 5. The molecule has 0 spiro atoms. The number of aryl methyl sites for hydroxylation is 1. The van der Waals surface area contributed by atoms with Gasteiger partial charge in [-0.2, -0.15) is 0 Å². The number of nitrogens with one attached hydrogen (secondary N) is 3. The highest BCUT2D eigenvalue weighted by Gasteiger charge is 2.11. The quantitative estimate of drug-likeness (QED) is 0.759. The van der Waals surface area contributed by atoms with Gasteiger partial charge in [-0.1, -0.05) is 0 Å². The maximum Gasteiger partial charge on any atom is 0.295 e. The lowest BCUT2D eigenvalue weighted by Crippen LogP contribution is -2.17. The van der Waals surface area contributed by atoms with Crippen LogP contribution in [0.3, 0.4) is 0 Å². The average molecular weight is 289 g/mol. The number of H-pyrrole nitrogens is 1. The third kappa shape index (κ3) is 4.11. The van der Waals surface area contributed by atoms with E-state index in [0.717, 1.165) is 0 Å². The van der Waals surface area contributed by atoms with Gasteiger partial charge in [-0.25, -0.2) is 4.98 Å². The number of aromatic amines is 1. The first-order valence-corrected chi connectivity index (χ1v) is 6.17. The summed E-state index contributed by atoms with van der Waals surface area (Å²) in [5.74, 6) is -0.0117. The minimum Gasteiger partial charge on any atom is -0.375 e. The van der Waals surface area contributed by atoms with E-state index < -0.39 is 5.91 Å². The monoisotopic (exact) mass is 289 g/mol. The van der Waals surface area contributed by atoms with Gasteiger partial charge in [-0.3, -0.25) is 14.7 Å². The molecule has 2 amide bonds. The lowest BCUT2D eigenvalue weighted by Gasteiger charge is -2.06. The van der Waals surface area contributed by atoms with Gasteiger partial charge in [0, 0.05) is 18.5 Å². The molecule has 2 rings (SSSR count). The molecule has 110 valence electrons. The van der Waals surface area contributed by atoms with E-state index >= 15 is 0 Å². The standard InChI is InChI=1S/C13H15N5O3/c1-8-14-12(18-17-8)13(20)16-10-5-3-9(4-6-10)15-11(19)7-21-2/h3-6H,7H2,1-2H3,(H,15,19)(H,16,20)(H,14,17,18). The number of hydrogen-bond donors (Lipinski definition) is 3. The summed E-state index contributed by atoms with van der Waals surface area (Å²) in [5.41, 5.74) is 1.19. The maximum atomic E-state index is 11.8. The van der Waals surface area contributed by atoms with Crippen LogP contribution in [0, 0.1) is 6.92 Å². The van der Waals surface area contributed by atoms with Crippen molar-refractivity contribution < 1.29 is 14.3 Å². The number of ether oxygens (including phenoxy) is 1. The van der Waals surface area contributed by atoms with Gasteiger partial charge in [0.05, 0.1) is 0 Å². The fourth-order valence-corrected chi connectivity index (χ4v) is 1.60. The minimum absolute atomic E-state index is 0.0112. The average Bonchev–Trinajstić information content (AvgIpc) is 2.88. The van der Waals surface area contributed by atoms with Gasteiger partial charge in [0.1, 0.15) is 12.4 Å². The van der Waals surface area contributed by atoms with Crippen LogP contribution in [0.25, 0.3) is 0 Å². The molecule has 0 aliphatic carbocycles. The summed E-state index contributed by atoms with van der Waals surface area (Å²) in [7, 11) is 1.45. The fourth-order valence-electron chi connectivity index (χ4n) is 1.60. The summed E-state index contributed by atoms with van der Waals surface area (Å²) >= 11 is 0. The van der Waals surface area contributed by atoms with E-state index in [0.29, 0.717) is 17.2 Å². The number of anilines is 2. The molecule has 2 aromatic rings. The first-order valence-electron chi connectivity index (χ1n) is 6.17. The molecule has 0 aliphatic rings. The molecular weight excluding hydrogens is 274 g/mol. The van der Waals surface area contributed by atoms with Gasteiger partial charge in [-0.15, -0.1) is 5.10 Å². The molecule has 1 aromatic heterocycles. The third-order valence-corrected chi connectivity index (χ3v) is 2.50. The number of rotatable bonds is 5. The van der Waals surface area contributed by atoms with E-state index in [9.17, 15) is 9.59 Å². The van der Waals surface area contributed by atoms with Crippen molar-refractivity contribution >= 4 is 23.2 Å². The molecule has 0 atom stereocenters. The van der Waals surface area contributed by atoms with Gasteiger partial charge < -0.3 is 15.4 Å². The summed E-state index contributed by atoms with van der Waals surface area (Å²) in [4.78, 5) is 27.1. The number of benzene rings is 1. The smallest absolute Gasteiger partial charge is 0.295 e. The van der Waals surface area contributed by atoms with Gasteiger partial charge in [-0.05, 0) is 31.2 Å². The highest BCUT2D eigenvalue weighted by Crippen LogP contribution is 2.14. The molecule has 0 unspecified atom stereocenters. The topological polar surface area (TPSA) is 109 Å². The van der Waals surface area contributed by atoms with E-state index in [-0.39, 0.29) is 18.3 Å². The van der Waals surface area contributed by atoms with Crippen molar-refractivity contribution in [2.75, 3.05) is 24.4 Å². The molecule has 0 saturated carbocycles. The first-order chi connectivity index (χ1) is 10.1. The van der Waals surface area contributed by atoms with Crippen LogP contribution in [0.4, 0.5) is 11.4 Å². The molecule has 21 heavy (non-hydrogen) atoms. The molecule has 1 heterocycles. The Labute approximate surface area is 120 Å². The molecule has 0 fully saturated rings. The zero-order valence-corrected chi connectivity index (χ0v) is 11.6. The van der Waals surface area contributed by atoms with Crippen molar-refractivity contribution in [2.24, 2.45) is 0 Å². The van der Waals surface area contributed by atoms with Gasteiger partial charge >= 0.3 is 0 Å². The molecular formula is C13H15N5O3. The van der Waals surface area contributed by atoms with Crippen molar-refractivity contribution in [3.8, 4) is 0 Å². The van der Waals surface area contributed by atoms with Crippen molar-refractivity contribution in [2.45, 2.75) is 6.92 Å². The fraction of sp³-hybridized carbons (Fsp3) is 0.231. The van der Waals surface area contributed by atoms with Crippen LogP contribution in [0.15, 0.2) is 24.3 Å². The lowest BCUT2D eigenvalue weighted by atomic mass is 10.2. The van der Waals surface area contributed by atoms with Crippen molar-refractivity contribution in [1.82, 2.24) is 15.2 Å². The van der Waals surface area contributed by atoms with Crippen LogP contribution < -0.4 is 10.6 Å². The molecule has 1 aromatic carbocycles. The van der Waals surface area contributed by atoms with Crippen LogP contribution in [-0.2, 0) is 9.53 Å². The van der Waals surface area contributed by atoms with E-state index in [4.69, 9.17) is 4.74 Å². The van der Waals surface area contributed by atoms with Gasteiger partial charge in [0.15, 0.2) is 0 Å². The van der Waals surface area contributed by atoms with E-state index in [1.54, 1.807) is 31.2 Å². The molecule has 0 saturated heterocycles. The SMILES string of the molecule is COCC(=O)Nc1ccc(NC(=O)c2n[nH]c(C)n2)cc1. The van der Waals surface area contributed by atoms with E-state index in [1.165, 1.54) is 7.11 Å². The maximum absolute atomic E-state index is 11.8. The van der Waals surface area contributed by atoms with Crippen LogP contribution in [0.1, 0.15) is 16.4 Å². The minimum atomic E-state index is -0.407. The molecule has 0 aliphatic heterocycles.